The van der Waals surface area contributed by atoms with E-state index in [-0.39, 0.29) is 54.0 Å². The van der Waals surface area contributed by atoms with Gasteiger partial charge in [0.1, 0.15) is 10.6 Å². The van der Waals surface area contributed by atoms with Gasteiger partial charge < -0.3 is 9.47 Å². The maximum Gasteiger partial charge on any atom is 0.435 e. The largest absolute Gasteiger partial charge is 0.495 e. The summed E-state index contributed by atoms with van der Waals surface area (Å²) in [6.45, 7) is -0.123. The van der Waals surface area contributed by atoms with Gasteiger partial charge in [-0.2, -0.15) is 18.3 Å². The van der Waals surface area contributed by atoms with Crippen molar-refractivity contribution in [2.24, 2.45) is 0 Å². The number of rotatable bonds is 6. The van der Waals surface area contributed by atoms with Crippen molar-refractivity contribution in [3.05, 3.63) is 40.2 Å². The van der Waals surface area contributed by atoms with Crippen LogP contribution in [0.5, 0.6) is 5.75 Å². The lowest BCUT2D eigenvalue weighted by Crippen LogP contribution is -2.29. The number of hydrogen-bond acceptors (Lipinski definition) is 5. The van der Waals surface area contributed by atoms with E-state index in [1.165, 1.54) is 30.0 Å². The number of fused-ring (bicyclic) bond motifs is 1. The smallest absolute Gasteiger partial charge is 0.435 e. The predicted octanol–water partition coefficient (Wildman–Crippen LogP) is 2.62. The summed E-state index contributed by atoms with van der Waals surface area (Å²) < 4.78 is 78.2. The second kappa shape index (κ2) is 7.90. The highest BCUT2D eigenvalue weighted by atomic mass is 35.5. The monoisotopic (exact) mass is 439 g/mol. The Balaban J connectivity index is 1.79. The molecule has 3 rings (SSSR count). The minimum Gasteiger partial charge on any atom is -0.495 e. The van der Waals surface area contributed by atoms with Crippen molar-refractivity contribution in [1.82, 2.24) is 14.5 Å². The van der Waals surface area contributed by atoms with Crippen LogP contribution in [-0.2, 0) is 40.5 Å². The van der Waals surface area contributed by atoms with Gasteiger partial charge >= 0.3 is 6.18 Å². The summed E-state index contributed by atoms with van der Waals surface area (Å²) >= 11 is 5.85. The predicted molar refractivity (Wildman–Crippen MR) is 93.8 cm³/mol. The summed E-state index contributed by atoms with van der Waals surface area (Å²) in [5.41, 5.74) is -0.599. The summed E-state index contributed by atoms with van der Waals surface area (Å²) in [5.74, 6) is 0.102. The molecule has 0 aliphatic carbocycles. The van der Waals surface area contributed by atoms with E-state index in [1.54, 1.807) is 0 Å². The van der Waals surface area contributed by atoms with Crippen molar-refractivity contribution in [3.8, 4) is 5.75 Å². The average molecular weight is 440 g/mol. The molecular formula is C16H17ClF3N3O4S. The Kier molecular flexibility index (Phi) is 5.89. The maximum atomic E-state index is 13.2. The summed E-state index contributed by atoms with van der Waals surface area (Å²) in [7, 11) is -2.67. The Morgan fingerprint density at radius 3 is 2.82 bits per heavy atom. The molecular weight excluding hydrogens is 423 g/mol. The maximum absolute atomic E-state index is 13.2. The molecule has 0 saturated carbocycles. The van der Waals surface area contributed by atoms with E-state index in [0.29, 0.717) is 5.69 Å². The number of benzene rings is 1. The van der Waals surface area contributed by atoms with Gasteiger partial charge in [0, 0.05) is 29.2 Å². The highest BCUT2D eigenvalue weighted by molar-refractivity contribution is 7.89. The standard InChI is InChI=1S/C16H17ClF3N3O4S/c1-26-13-3-2-10(17)8-14(13)28(24,25)21-5-6-23-12-4-7-27-9-11(12)15(22-23)16(18,19)20/h2-3,8,21H,4-7,9H2,1H3. The fourth-order valence-corrected chi connectivity index (χ4v) is 4.40. The Labute approximate surface area is 164 Å². The first-order valence-corrected chi connectivity index (χ1v) is 10.1. The van der Waals surface area contributed by atoms with E-state index < -0.39 is 21.9 Å². The molecule has 0 atom stereocenters. The minimum atomic E-state index is -4.61. The summed E-state index contributed by atoms with van der Waals surface area (Å²) in [4.78, 5) is -0.158. The molecule has 154 valence electrons. The number of methoxy groups -OCH3 is 1. The molecule has 1 aliphatic heterocycles. The highest BCUT2D eigenvalue weighted by Crippen LogP contribution is 2.34. The molecule has 0 spiro atoms. The highest BCUT2D eigenvalue weighted by Gasteiger charge is 2.39. The van der Waals surface area contributed by atoms with Crippen molar-refractivity contribution in [2.45, 2.75) is 30.6 Å². The van der Waals surface area contributed by atoms with Gasteiger partial charge in [0.05, 0.1) is 26.9 Å². The third kappa shape index (κ3) is 4.27. The minimum absolute atomic E-state index is 0.00174. The second-order valence-electron chi connectivity index (χ2n) is 5.99. The fourth-order valence-electron chi connectivity index (χ4n) is 2.95. The first-order chi connectivity index (χ1) is 13.1. The molecule has 0 unspecified atom stereocenters. The summed E-state index contributed by atoms with van der Waals surface area (Å²) in [6.07, 6.45) is -4.34. The van der Waals surface area contributed by atoms with Crippen LogP contribution in [0.1, 0.15) is 17.0 Å². The topological polar surface area (TPSA) is 82.5 Å². The van der Waals surface area contributed by atoms with E-state index in [2.05, 4.69) is 9.82 Å². The number of nitrogens with zero attached hydrogens (tertiary/aromatic N) is 2. The molecule has 2 aromatic rings. The lowest BCUT2D eigenvalue weighted by Gasteiger charge is -2.16. The Morgan fingerprint density at radius 2 is 2.14 bits per heavy atom. The molecule has 7 nitrogen and oxygen atoms in total. The van der Waals surface area contributed by atoms with Crippen LogP contribution in [0.3, 0.4) is 0 Å². The first-order valence-electron chi connectivity index (χ1n) is 8.20. The van der Waals surface area contributed by atoms with Crippen molar-refractivity contribution in [3.63, 3.8) is 0 Å². The van der Waals surface area contributed by atoms with Crippen molar-refractivity contribution in [2.75, 3.05) is 20.3 Å². The zero-order chi connectivity index (χ0) is 20.5. The van der Waals surface area contributed by atoms with Crippen LogP contribution in [-0.4, -0.2) is 38.5 Å². The Bertz CT molecular complexity index is 976. The molecule has 12 heteroatoms. The van der Waals surface area contributed by atoms with E-state index in [4.69, 9.17) is 21.1 Å². The van der Waals surface area contributed by atoms with Crippen LogP contribution in [0.4, 0.5) is 13.2 Å². The number of alkyl halides is 3. The number of ether oxygens (including phenoxy) is 2. The second-order valence-corrected chi connectivity index (χ2v) is 8.16. The van der Waals surface area contributed by atoms with E-state index in [0.717, 1.165) is 0 Å². The van der Waals surface area contributed by atoms with Crippen LogP contribution in [0.15, 0.2) is 23.1 Å². The van der Waals surface area contributed by atoms with E-state index >= 15 is 0 Å². The molecule has 28 heavy (non-hydrogen) atoms. The van der Waals surface area contributed by atoms with Crippen molar-refractivity contribution >= 4 is 21.6 Å². The average Bonchev–Trinajstić information content (AvgIpc) is 3.01. The quantitative estimate of drug-likeness (QED) is 0.748. The number of nitrogens with one attached hydrogen (secondary N) is 1. The number of halogens is 4. The molecule has 0 fully saturated rings. The number of sulfonamides is 1. The number of hydrogen-bond donors (Lipinski definition) is 1. The zero-order valence-electron chi connectivity index (χ0n) is 14.7. The third-order valence-electron chi connectivity index (χ3n) is 4.20. The lowest BCUT2D eigenvalue weighted by molar-refractivity contribution is -0.142. The Hall–Kier alpha value is -1.82. The van der Waals surface area contributed by atoms with Crippen molar-refractivity contribution in [1.29, 1.82) is 0 Å². The van der Waals surface area contributed by atoms with Gasteiger partial charge in [0.25, 0.3) is 0 Å². The molecule has 2 heterocycles. The van der Waals surface area contributed by atoms with Crippen LogP contribution in [0.25, 0.3) is 0 Å². The summed E-state index contributed by atoms with van der Waals surface area (Å²) in [5, 5.41) is 3.84. The van der Waals surface area contributed by atoms with Gasteiger partial charge in [-0.05, 0) is 18.2 Å². The van der Waals surface area contributed by atoms with Crippen LogP contribution >= 0.6 is 11.6 Å². The van der Waals surface area contributed by atoms with E-state index in [1.807, 2.05) is 0 Å². The normalized spacial score (nSPS) is 14.8. The molecule has 0 saturated heterocycles. The van der Waals surface area contributed by atoms with Gasteiger partial charge in [-0.1, -0.05) is 11.6 Å². The SMILES string of the molecule is COc1ccc(Cl)cc1S(=O)(=O)NCCn1nc(C(F)(F)F)c2c1CCOC2. The number of aromatic nitrogens is 2. The molecule has 0 radical (unpaired) electrons. The van der Waals surface area contributed by atoms with Gasteiger partial charge in [-0.15, -0.1) is 0 Å². The lowest BCUT2D eigenvalue weighted by atomic mass is 10.1. The molecule has 1 aromatic carbocycles. The van der Waals surface area contributed by atoms with Crippen LogP contribution in [0.2, 0.25) is 5.02 Å². The first kappa shape index (κ1) is 20.9. The molecule has 1 aliphatic rings. The molecule has 0 bridgehead atoms. The third-order valence-corrected chi connectivity index (χ3v) is 5.91. The molecule has 1 aromatic heterocycles. The van der Waals surface area contributed by atoms with Gasteiger partial charge in [0.2, 0.25) is 10.0 Å². The van der Waals surface area contributed by atoms with Crippen molar-refractivity contribution < 1.29 is 31.1 Å². The fraction of sp³-hybridized carbons (Fsp3) is 0.438. The Morgan fingerprint density at radius 1 is 1.39 bits per heavy atom. The van der Waals surface area contributed by atoms with E-state index in [9.17, 15) is 21.6 Å². The summed E-state index contributed by atoms with van der Waals surface area (Å²) in [6, 6.07) is 4.13. The van der Waals surface area contributed by atoms with Gasteiger partial charge in [-0.3, -0.25) is 4.68 Å². The van der Waals surface area contributed by atoms with Crippen LogP contribution in [0, 0.1) is 0 Å². The molecule has 1 N–H and O–H groups in total. The molecule has 0 amide bonds. The van der Waals surface area contributed by atoms with Gasteiger partial charge in [-0.25, -0.2) is 13.1 Å². The zero-order valence-corrected chi connectivity index (χ0v) is 16.3. The van der Waals surface area contributed by atoms with Gasteiger partial charge in [0.15, 0.2) is 5.69 Å². The van der Waals surface area contributed by atoms with Crippen LogP contribution < -0.4 is 9.46 Å².